The molecule has 2 aliphatic heterocycles. The molecule has 3 aromatic heterocycles. The number of hydrogen-bond acceptors (Lipinski definition) is 9. The zero-order valence-corrected chi connectivity index (χ0v) is 18.7. The molecular weight excluding hydrogens is 448 g/mol. The monoisotopic (exact) mass is 468 g/mol. The maximum atomic E-state index is 5.85. The fourth-order valence-electron chi connectivity index (χ4n) is 3.81. The van der Waals surface area contributed by atoms with Crippen molar-refractivity contribution >= 4 is 23.1 Å². The van der Waals surface area contributed by atoms with Gasteiger partial charge in [-0.3, -0.25) is 4.57 Å². The summed E-state index contributed by atoms with van der Waals surface area (Å²) in [7, 11) is 0. The van der Waals surface area contributed by atoms with E-state index >= 15 is 0 Å². The zero-order chi connectivity index (χ0) is 21.3. The number of nitrogens with zero attached hydrogens (tertiary/aromatic N) is 4. The van der Waals surface area contributed by atoms with Crippen LogP contribution in [0.4, 0.5) is 0 Å². The van der Waals surface area contributed by atoms with Gasteiger partial charge in [-0.2, -0.15) is 0 Å². The molecule has 0 N–H and O–H groups in total. The van der Waals surface area contributed by atoms with Crippen LogP contribution in [0, 0.1) is 0 Å². The summed E-state index contributed by atoms with van der Waals surface area (Å²) in [5, 5.41) is 12.7. The first kappa shape index (κ1) is 19.8. The number of benzene rings is 1. The molecular formula is C22H20N4O4S2. The smallest absolute Gasteiger partial charge is 0.231 e. The molecule has 1 fully saturated rings. The molecule has 1 aromatic carbocycles. The highest BCUT2D eigenvalue weighted by Gasteiger charge is 2.23. The quantitative estimate of drug-likeness (QED) is 0.356. The molecule has 1 saturated heterocycles. The molecule has 0 amide bonds. The highest BCUT2D eigenvalue weighted by Crippen LogP contribution is 2.37. The van der Waals surface area contributed by atoms with E-state index in [1.165, 1.54) is 0 Å². The molecule has 2 aliphatic rings. The summed E-state index contributed by atoms with van der Waals surface area (Å²) in [6, 6.07) is 9.68. The molecule has 0 spiro atoms. The Morgan fingerprint density at radius 1 is 1.16 bits per heavy atom. The Balaban J connectivity index is 1.20. The van der Waals surface area contributed by atoms with Gasteiger partial charge in [-0.15, -0.1) is 21.5 Å². The van der Waals surface area contributed by atoms with E-state index in [0.717, 1.165) is 58.2 Å². The second kappa shape index (κ2) is 8.61. The molecule has 1 unspecified atom stereocenters. The van der Waals surface area contributed by atoms with Crippen molar-refractivity contribution in [3.8, 4) is 33.7 Å². The van der Waals surface area contributed by atoms with E-state index in [2.05, 4.69) is 20.1 Å². The van der Waals surface area contributed by atoms with Gasteiger partial charge in [0, 0.05) is 23.3 Å². The molecule has 4 aromatic rings. The van der Waals surface area contributed by atoms with E-state index in [9.17, 15) is 0 Å². The fourth-order valence-corrected chi connectivity index (χ4v) is 5.58. The van der Waals surface area contributed by atoms with Gasteiger partial charge in [-0.05, 0) is 43.2 Å². The van der Waals surface area contributed by atoms with Crippen LogP contribution in [-0.4, -0.2) is 39.3 Å². The van der Waals surface area contributed by atoms with Crippen molar-refractivity contribution in [2.75, 3.05) is 13.4 Å². The SMILES string of the molecule is c1coc(-c2nnc(SCc3csc(-c4ccc5c(c4)OCO5)n3)n2CC2CCCO2)c1. The molecule has 5 heterocycles. The van der Waals surface area contributed by atoms with Crippen LogP contribution in [0.15, 0.2) is 51.5 Å². The fraction of sp³-hybridized carbons (Fsp3) is 0.318. The third-order valence-electron chi connectivity index (χ3n) is 5.39. The topological polar surface area (TPSA) is 84.4 Å². The molecule has 10 heteroatoms. The number of thioether (sulfide) groups is 1. The predicted molar refractivity (Wildman–Crippen MR) is 120 cm³/mol. The Morgan fingerprint density at radius 3 is 3.00 bits per heavy atom. The van der Waals surface area contributed by atoms with Crippen molar-refractivity contribution in [3.63, 3.8) is 0 Å². The minimum absolute atomic E-state index is 0.177. The standard InChI is InChI=1S/C22H20N4O4S2/c1-3-16(27-7-1)10-26-20(18-4-2-8-28-18)24-25-22(26)32-12-15-11-31-21(23-15)14-5-6-17-19(9-14)30-13-29-17/h2,4-6,8-9,11,16H,1,3,7,10,12-13H2. The number of furan rings is 1. The summed E-state index contributed by atoms with van der Waals surface area (Å²) in [5.74, 6) is 3.68. The molecule has 0 saturated carbocycles. The second-order valence-electron chi connectivity index (χ2n) is 7.53. The average molecular weight is 469 g/mol. The normalized spacial score (nSPS) is 17.3. The van der Waals surface area contributed by atoms with Gasteiger partial charge in [-0.25, -0.2) is 4.98 Å². The van der Waals surface area contributed by atoms with Crippen molar-refractivity contribution in [2.45, 2.75) is 36.4 Å². The zero-order valence-electron chi connectivity index (χ0n) is 17.1. The minimum atomic E-state index is 0.177. The van der Waals surface area contributed by atoms with Crippen molar-refractivity contribution in [1.82, 2.24) is 19.7 Å². The Morgan fingerprint density at radius 2 is 2.12 bits per heavy atom. The van der Waals surface area contributed by atoms with Gasteiger partial charge in [0.1, 0.15) is 5.01 Å². The molecule has 0 bridgehead atoms. The van der Waals surface area contributed by atoms with Crippen LogP contribution in [-0.2, 0) is 17.0 Å². The molecule has 0 radical (unpaired) electrons. The summed E-state index contributed by atoms with van der Waals surface area (Å²) >= 11 is 3.24. The number of hydrogen-bond donors (Lipinski definition) is 0. The Bertz CT molecular complexity index is 1210. The summed E-state index contributed by atoms with van der Waals surface area (Å²) in [6.07, 6.45) is 3.97. The average Bonchev–Trinajstić information content (AvgIpc) is 3.63. The van der Waals surface area contributed by atoms with E-state index in [1.54, 1.807) is 29.4 Å². The van der Waals surface area contributed by atoms with Crippen molar-refractivity contribution in [1.29, 1.82) is 0 Å². The first-order chi connectivity index (χ1) is 15.8. The Labute approximate surface area is 192 Å². The maximum Gasteiger partial charge on any atom is 0.231 e. The highest BCUT2D eigenvalue weighted by atomic mass is 32.2. The van der Waals surface area contributed by atoms with E-state index in [0.29, 0.717) is 18.1 Å². The predicted octanol–water partition coefficient (Wildman–Crippen LogP) is 4.86. The van der Waals surface area contributed by atoms with Gasteiger partial charge in [0.25, 0.3) is 0 Å². The molecule has 0 aliphatic carbocycles. The highest BCUT2D eigenvalue weighted by molar-refractivity contribution is 7.98. The summed E-state index contributed by atoms with van der Waals surface area (Å²) in [5.41, 5.74) is 2.02. The second-order valence-corrected chi connectivity index (χ2v) is 9.33. The van der Waals surface area contributed by atoms with Gasteiger partial charge in [0.2, 0.25) is 12.6 Å². The van der Waals surface area contributed by atoms with Gasteiger partial charge < -0.3 is 18.6 Å². The van der Waals surface area contributed by atoms with Crippen LogP contribution in [0.1, 0.15) is 18.5 Å². The van der Waals surface area contributed by atoms with Crippen molar-refractivity contribution in [2.24, 2.45) is 0 Å². The lowest BCUT2D eigenvalue weighted by Gasteiger charge is -2.13. The van der Waals surface area contributed by atoms with E-state index in [-0.39, 0.29) is 12.9 Å². The van der Waals surface area contributed by atoms with Gasteiger partial charge in [0.05, 0.1) is 24.6 Å². The Kier molecular flexibility index (Phi) is 5.34. The lowest BCUT2D eigenvalue weighted by Crippen LogP contribution is -2.16. The van der Waals surface area contributed by atoms with Crippen LogP contribution in [0.2, 0.25) is 0 Å². The van der Waals surface area contributed by atoms with Crippen molar-refractivity contribution in [3.05, 3.63) is 47.7 Å². The lowest BCUT2D eigenvalue weighted by atomic mass is 10.2. The van der Waals surface area contributed by atoms with Crippen LogP contribution >= 0.6 is 23.1 Å². The van der Waals surface area contributed by atoms with Crippen LogP contribution in [0.5, 0.6) is 11.5 Å². The van der Waals surface area contributed by atoms with E-state index in [4.69, 9.17) is 23.6 Å². The maximum absolute atomic E-state index is 5.85. The molecule has 32 heavy (non-hydrogen) atoms. The molecule has 8 nitrogen and oxygen atoms in total. The third-order valence-corrected chi connectivity index (χ3v) is 7.33. The first-order valence-corrected chi connectivity index (χ1v) is 12.3. The number of ether oxygens (including phenoxy) is 3. The van der Waals surface area contributed by atoms with Crippen molar-refractivity contribution < 1.29 is 18.6 Å². The number of thiazole rings is 1. The lowest BCUT2D eigenvalue weighted by molar-refractivity contribution is 0.0952. The Hall–Kier alpha value is -2.82. The largest absolute Gasteiger partial charge is 0.461 e. The molecule has 164 valence electrons. The number of rotatable bonds is 7. The summed E-state index contributed by atoms with van der Waals surface area (Å²) < 4.78 is 24.4. The number of fused-ring (bicyclic) bond motifs is 1. The first-order valence-electron chi connectivity index (χ1n) is 10.4. The summed E-state index contributed by atoms with van der Waals surface area (Å²) in [6.45, 7) is 1.79. The third kappa shape index (κ3) is 3.89. The summed E-state index contributed by atoms with van der Waals surface area (Å²) in [4.78, 5) is 4.81. The minimum Gasteiger partial charge on any atom is -0.461 e. The van der Waals surface area contributed by atoms with Gasteiger partial charge in [-0.1, -0.05) is 11.8 Å². The van der Waals surface area contributed by atoms with Gasteiger partial charge >= 0.3 is 0 Å². The van der Waals surface area contributed by atoms with E-state index in [1.807, 2.05) is 30.3 Å². The number of aromatic nitrogens is 4. The molecule has 1 atom stereocenters. The van der Waals surface area contributed by atoms with Crippen LogP contribution in [0.25, 0.3) is 22.2 Å². The van der Waals surface area contributed by atoms with Crippen LogP contribution < -0.4 is 9.47 Å². The van der Waals surface area contributed by atoms with Gasteiger partial charge in [0.15, 0.2) is 22.4 Å². The van der Waals surface area contributed by atoms with Crippen LogP contribution in [0.3, 0.4) is 0 Å². The molecule has 6 rings (SSSR count). The van der Waals surface area contributed by atoms with E-state index < -0.39 is 0 Å².